The van der Waals surface area contributed by atoms with Crippen molar-refractivity contribution in [1.82, 2.24) is 20.2 Å². The van der Waals surface area contributed by atoms with E-state index < -0.39 is 0 Å². The first-order chi connectivity index (χ1) is 10.7. The van der Waals surface area contributed by atoms with Gasteiger partial charge in [-0.3, -0.25) is 14.5 Å². The van der Waals surface area contributed by atoms with E-state index in [9.17, 15) is 9.59 Å². The van der Waals surface area contributed by atoms with Crippen LogP contribution in [0, 0.1) is 0 Å². The molecule has 2 aliphatic heterocycles. The Hall–Kier alpha value is -1.77. The zero-order valence-corrected chi connectivity index (χ0v) is 12.2. The van der Waals surface area contributed by atoms with Crippen molar-refractivity contribution in [2.75, 3.05) is 26.3 Å². The number of hydrogen-bond donors (Lipinski definition) is 3. The molecule has 3 atom stereocenters. The summed E-state index contributed by atoms with van der Waals surface area (Å²) in [7, 11) is 0. The molecule has 1 aromatic rings. The van der Waals surface area contributed by atoms with E-state index >= 15 is 0 Å². The fourth-order valence-corrected chi connectivity index (χ4v) is 3.09. The lowest BCUT2D eigenvalue weighted by Gasteiger charge is -2.34. The van der Waals surface area contributed by atoms with Gasteiger partial charge in [-0.1, -0.05) is 0 Å². The van der Waals surface area contributed by atoms with Crippen LogP contribution >= 0.6 is 0 Å². The number of amides is 1. The third kappa shape index (κ3) is 3.34. The maximum absolute atomic E-state index is 12.1. The molecule has 3 rings (SSSR count). The van der Waals surface area contributed by atoms with Gasteiger partial charge in [0.05, 0.1) is 18.9 Å². The second-order valence-electron chi connectivity index (χ2n) is 5.78. The summed E-state index contributed by atoms with van der Waals surface area (Å²) in [5.74, 6) is -0.283. The minimum Gasteiger partial charge on any atom is -0.396 e. The van der Waals surface area contributed by atoms with Crippen molar-refractivity contribution in [3.05, 3.63) is 28.4 Å². The van der Waals surface area contributed by atoms with E-state index in [1.54, 1.807) is 0 Å². The van der Waals surface area contributed by atoms with Gasteiger partial charge in [0.2, 0.25) is 0 Å². The number of aromatic amines is 1. The van der Waals surface area contributed by atoms with E-state index in [0.717, 1.165) is 25.7 Å². The highest BCUT2D eigenvalue weighted by Gasteiger charge is 2.37. The van der Waals surface area contributed by atoms with Gasteiger partial charge in [0.1, 0.15) is 5.69 Å². The summed E-state index contributed by atoms with van der Waals surface area (Å²) in [6.07, 6.45) is 3.96. The highest BCUT2D eigenvalue weighted by atomic mass is 16.5. The van der Waals surface area contributed by atoms with Crippen LogP contribution in [0.4, 0.5) is 0 Å². The van der Waals surface area contributed by atoms with Crippen molar-refractivity contribution < 1.29 is 14.6 Å². The Balaban J connectivity index is 1.55. The predicted octanol–water partition coefficient (Wildman–Crippen LogP) is -1.28. The summed E-state index contributed by atoms with van der Waals surface area (Å²) < 4.78 is 5.72. The molecule has 8 nitrogen and oxygen atoms in total. The number of fused-ring (bicyclic) bond motifs is 1. The van der Waals surface area contributed by atoms with Crippen LogP contribution in [0.1, 0.15) is 23.3 Å². The molecular formula is C14H20N4O4. The molecule has 0 aliphatic carbocycles. The van der Waals surface area contributed by atoms with Crippen LogP contribution in [0.15, 0.2) is 17.2 Å². The van der Waals surface area contributed by atoms with Crippen LogP contribution in [-0.4, -0.2) is 70.4 Å². The minimum absolute atomic E-state index is 0.0442. The summed E-state index contributed by atoms with van der Waals surface area (Å²) >= 11 is 0. The fraction of sp³-hybridized carbons (Fsp3) is 0.643. The molecule has 1 aromatic heterocycles. The second-order valence-corrected chi connectivity index (χ2v) is 5.78. The first-order valence-electron chi connectivity index (χ1n) is 7.48. The molecule has 2 aliphatic rings. The molecule has 2 saturated heterocycles. The number of aliphatic hydroxyl groups is 1. The lowest BCUT2D eigenvalue weighted by Crippen LogP contribution is -2.46. The highest BCUT2D eigenvalue weighted by molar-refractivity contribution is 5.92. The van der Waals surface area contributed by atoms with E-state index in [-0.39, 0.29) is 35.9 Å². The zero-order chi connectivity index (χ0) is 15.5. The standard InChI is InChI=1S/C14H20N4O4/c19-2-1-11-7-18-6-9(3-10(18)8-22-11)17-14(21)12-4-16-13(20)5-15-12/h4-5,9-11,19H,1-3,6-8H2,(H,16,20)(H,17,21)/t9-,10+,11+/m1/s1. The van der Waals surface area contributed by atoms with Gasteiger partial charge in [0, 0.05) is 38.0 Å². The molecular weight excluding hydrogens is 288 g/mol. The number of ether oxygens (including phenoxy) is 1. The van der Waals surface area contributed by atoms with Gasteiger partial charge in [-0.05, 0) is 12.8 Å². The van der Waals surface area contributed by atoms with Crippen molar-refractivity contribution in [3.8, 4) is 0 Å². The molecule has 3 N–H and O–H groups in total. The first kappa shape index (κ1) is 15.1. The Bertz CT molecular complexity index is 570. The van der Waals surface area contributed by atoms with Crippen LogP contribution < -0.4 is 10.9 Å². The number of aliphatic hydroxyl groups excluding tert-OH is 1. The normalized spacial score (nSPS) is 28.3. The summed E-state index contributed by atoms with van der Waals surface area (Å²) in [4.78, 5) is 31.6. The fourth-order valence-electron chi connectivity index (χ4n) is 3.09. The van der Waals surface area contributed by atoms with Crippen molar-refractivity contribution >= 4 is 5.91 Å². The molecule has 0 saturated carbocycles. The van der Waals surface area contributed by atoms with Crippen molar-refractivity contribution in [2.24, 2.45) is 0 Å². The molecule has 0 unspecified atom stereocenters. The molecule has 22 heavy (non-hydrogen) atoms. The third-order valence-corrected chi connectivity index (χ3v) is 4.18. The van der Waals surface area contributed by atoms with Gasteiger partial charge < -0.3 is 20.1 Å². The number of hydrogen-bond acceptors (Lipinski definition) is 6. The van der Waals surface area contributed by atoms with Crippen molar-refractivity contribution in [1.29, 1.82) is 0 Å². The monoisotopic (exact) mass is 308 g/mol. The minimum atomic E-state index is -0.332. The SMILES string of the molecule is O=C(N[C@@H]1C[C@H]2CO[C@@H](CCO)CN2C1)c1c[nH]c(=O)cn1. The number of carbonyl (C=O) groups is 1. The summed E-state index contributed by atoms with van der Waals surface area (Å²) in [5.41, 5.74) is -0.125. The number of nitrogens with one attached hydrogen (secondary N) is 2. The molecule has 0 spiro atoms. The van der Waals surface area contributed by atoms with Crippen molar-refractivity contribution in [2.45, 2.75) is 31.0 Å². The number of H-pyrrole nitrogens is 1. The molecule has 8 heteroatoms. The maximum atomic E-state index is 12.1. The Kier molecular flexibility index (Phi) is 4.51. The smallest absolute Gasteiger partial charge is 0.271 e. The Morgan fingerprint density at radius 3 is 3.14 bits per heavy atom. The summed E-state index contributed by atoms with van der Waals surface area (Å²) in [5, 5.41) is 11.9. The molecule has 2 fully saturated rings. The molecule has 120 valence electrons. The van der Waals surface area contributed by atoms with E-state index in [0.29, 0.717) is 19.1 Å². The number of morpholine rings is 1. The molecule has 1 amide bonds. The van der Waals surface area contributed by atoms with E-state index in [4.69, 9.17) is 9.84 Å². The van der Waals surface area contributed by atoms with Gasteiger partial charge in [-0.2, -0.15) is 0 Å². The van der Waals surface area contributed by atoms with E-state index in [1.165, 1.54) is 6.20 Å². The van der Waals surface area contributed by atoms with Crippen LogP contribution in [0.3, 0.4) is 0 Å². The quantitative estimate of drug-likeness (QED) is 0.640. The lowest BCUT2D eigenvalue weighted by molar-refractivity contribution is -0.0566. The Labute approximate surface area is 127 Å². The lowest BCUT2D eigenvalue weighted by atomic mass is 10.1. The van der Waals surface area contributed by atoms with Crippen LogP contribution in [0.25, 0.3) is 0 Å². The van der Waals surface area contributed by atoms with Gasteiger partial charge in [-0.15, -0.1) is 0 Å². The van der Waals surface area contributed by atoms with Gasteiger partial charge in [0.15, 0.2) is 0 Å². The predicted molar refractivity (Wildman–Crippen MR) is 77.5 cm³/mol. The molecule has 0 aromatic carbocycles. The van der Waals surface area contributed by atoms with Gasteiger partial charge in [-0.25, -0.2) is 4.98 Å². The Morgan fingerprint density at radius 1 is 1.55 bits per heavy atom. The highest BCUT2D eigenvalue weighted by Crippen LogP contribution is 2.24. The van der Waals surface area contributed by atoms with Crippen molar-refractivity contribution in [3.63, 3.8) is 0 Å². The number of aromatic nitrogens is 2. The van der Waals surface area contributed by atoms with Gasteiger partial charge in [0.25, 0.3) is 11.5 Å². The maximum Gasteiger partial charge on any atom is 0.271 e. The number of rotatable bonds is 4. The number of nitrogens with zero attached hydrogens (tertiary/aromatic N) is 2. The number of carbonyl (C=O) groups excluding carboxylic acids is 1. The van der Waals surface area contributed by atoms with Gasteiger partial charge >= 0.3 is 0 Å². The van der Waals surface area contributed by atoms with Crippen LogP contribution in [0.2, 0.25) is 0 Å². The van der Waals surface area contributed by atoms with Crippen LogP contribution in [0.5, 0.6) is 0 Å². The molecule has 3 heterocycles. The topological polar surface area (TPSA) is 108 Å². The average molecular weight is 308 g/mol. The average Bonchev–Trinajstić information content (AvgIpc) is 2.89. The van der Waals surface area contributed by atoms with E-state index in [1.807, 2.05) is 0 Å². The summed E-state index contributed by atoms with van der Waals surface area (Å²) in [6, 6.07) is 0.353. The van der Waals surface area contributed by atoms with E-state index in [2.05, 4.69) is 20.2 Å². The molecule has 0 bridgehead atoms. The zero-order valence-electron chi connectivity index (χ0n) is 12.2. The Morgan fingerprint density at radius 2 is 2.41 bits per heavy atom. The summed E-state index contributed by atoms with van der Waals surface area (Å²) in [6.45, 7) is 2.31. The first-order valence-corrected chi connectivity index (χ1v) is 7.48. The molecule has 0 radical (unpaired) electrons. The largest absolute Gasteiger partial charge is 0.396 e. The van der Waals surface area contributed by atoms with Crippen LogP contribution in [-0.2, 0) is 4.74 Å². The second kappa shape index (κ2) is 6.55. The third-order valence-electron chi connectivity index (χ3n) is 4.18.